The number of aromatic nitrogens is 1. The van der Waals surface area contributed by atoms with Gasteiger partial charge >= 0.3 is 5.97 Å². The molecule has 0 N–H and O–H groups in total. The Morgan fingerprint density at radius 1 is 1.24 bits per heavy atom. The Labute approximate surface area is 172 Å². The number of ether oxygens (including phenoxy) is 1. The van der Waals surface area contributed by atoms with Gasteiger partial charge in [-0.1, -0.05) is 35.0 Å². The summed E-state index contributed by atoms with van der Waals surface area (Å²) >= 11 is 6.19. The van der Waals surface area contributed by atoms with Gasteiger partial charge in [-0.2, -0.15) is 0 Å². The minimum absolute atomic E-state index is 0.0399. The predicted octanol–water partition coefficient (Wildman–Crippen LogP) is 3.74. The molecule has 1 aliphatic rings. The quantitative estimate of drug-likeness (QED) is 0.570. The van der Waals surface area contributed by atoms with E-state index >= 15 is 0 Å². The molecule has 3 aromatic rings. The molecule has 1 aromatic heterocycles. The Kier molecular flexibility index (Phi) is 5.06. The van der Waals surface area contributed by atoms with Crippen molar-refractivity contribution >= 4 is 33.3 Å². The Bertz CT molecular complexity index is 1190. The van der Waals surface area contributed by atoms with Crippen molar-refractivity contribution in [2.24, 2.45) is 0 Å². The van der Waals surface area contributed by atoms with Crippen LogP contribution in [-0.2, 0) is 27.8 Å². The van der Waals surface area contributed by atoms with E-state index in [4.69, 9.17) is 20.9 Å². The van der Waals surface area contributed by atoms with Crippen LogP contribution in [0.4, 0.5) is 5.69 Å². The average molecular weight is 433 g/mol. The molecule has 150 valence electrons. The van der Waals surface area contributed by atoms with E-state index in [0.29, 0.717) is 30.1 Å². The van der Waals surface area contributed by atoms with Gasteiger partial charge in [-0.3, -0.25) is 4.31 Å². The predicted molar refractivity (Wildman–Crippen MR) is 106 cm³/mol. The number of esters is 1. The zero-order chi connectivity index (χ0) is 20.6. The van der Waals surface area contributed by atoms with E-state index in [9.17, 15) is 13.2 Å². The number of rotatable bonds is 5. The molecule has 0 bridgehead atoms. The van der Waals surface area contributed by atoms with E-state index in [1.807, 2.05) is 12.1 Å². The molecule has 7 nitrogen and oxygen atoms in total. The Morgan fingerprint density at radius 2 is 2.03 bits per heavy atom. The molecule has 0 fully saturated rings. The number of hydrogen-bond donors (Lipinski definition) is 0. The Hall–Kier alpha value is -2.84. The largest absolute Gasteiger partial charge is 0.455 e. The lowest BCUT2D eigenvalue weighted by molar-refractivity contribution is 0.0464. The molecular weight excluding hydrogens is 416 g/mol. The molecule has 0 unspecified atom stereocenters. The van der Waals surface area contributed by atoms with Crippen molar-refractivity contribution in [2.45, 2.75) is 24.8 Å². The number of anilines is 1. The number of nitrogens with zero attached hydrogens (tertiary/aromatic N) is 2. The fraction of sp³-hybridized carbons (Fsp3) is 0.200. The maximum Gasteiger partial charge on any atom is 0.338 e. The average Bonchev–Trinajstić information content (AvgIpc) is 3.32. The van der Waals surface area contributed by atoms with E-state index in [1.165, 1.54) is 22.5 Å². The van der Waals surface area contributed by atoms with Gasteiger partial charge in [0.15, 0.2) is 0 Å². The van der Waals surface area contributed by atoms with Gasteiger partial charge in [0.1, 0.15) is 23.0 Å². The first-order valence-corrected chi connectivity index (χ1v) is 10.7. The number of aryl methyl sites for hydroxylation is 1. The summed E-state index contributed by atoms with van der Waals surface area (Å²) in [5.74, 6) is -0.0811. The molecule has 9 heteroatoms. The van der Waals surface area contributed by atoms with Gasteiger partial charge in [-0.25, -0.2) is 13.2 Å². The number of para-hydroxylation sites is 1. The highest BCUT2D eigenvalue weighted by molar-refractivity contribution is 7.93. The zero-order valence-corrected chi connectivity index (χ0v) is 17.0. The van der Waals surface area contributed by atoms with Crippen LogP contribution in [0.25, 0.3) is 0 Å². The lowest BCUT2D eigenvalue weighted by atomic mass is 10.2. The van der Waals surface area contributed by atoms with Crippen LogP contribution in [0, 0.1) is 6.92 Å². The van der Waals surface area contributed by atoms with Crippen LogP contribution in [0.3, 0.4) is 0 Å². The van der Waals surface area contributed by atoms with Gasteiger partial charge in [0.05, 0.1) is 16.3 Å². The molecule has 0 saturated heterocycles. The van der Waals surface area contributed by atoms with Crippen molar-refractivity contribution in [1.29, 1.82) is 0 Å². The molecule has 0 aliphatic carbocycles. The number of carbonyl (C=O) groups is 1. The summed E-state index contributed by atoms with van der Waals surface area (Å²) in [6.07, 6.45) is 0.617. The number of hydrogen-bond acceptors (Lipinski definition) is 6. The van der Waals surface area contributed by atoms with Gasteiger partial charge in [0.2, 0.25) is 0 Å². The van der Waals surface area contributed by atoms with Crippen LogP contribution in [0.1, 0.15) is 27.4 Å². The standard InChI is InChI=1S/C20H17ClN2O5S/c1-13-10-16(22-28-13)12-27-20(24)15-6-7-17(21)19(11-15)29(25,26)23-9-8-14-4-2-3-5-18(14)23/h2-7,10-11H,8-9,12H2,1H3. The number of halogens is 1. The number of carbonyl (C=O) groups excluding carboxylic acids is 1. The highest BCUT2D eigenvalue weighted by Gasteiger charge is 2.32. The van der Waals surface area contributed by atoms with Crippen molar-refractivity contribution in [3.63, 3.8) is 0 Å². The number of benzene rings is 2. The summed E-state index contributed by atoms with van der Waals surface area (Å²) in [7, 11) is -3.94. The molecule has 2 heterocycles. The third-order valence-corrected chi connectivity index (χ3v) is 6.90. The number of sulfonamides is 1. The Balaban J connectivity index is 1.60. The second-order valence-corrected chi connectivity index (χ2v) is 8.84. The zero-order valence-electron chi connectivity index (χ0n) is 15.5. The van der Waals surface area contributed by atoms with Gasteiger partial charge in [-0.15, -0.1) is 0 Å². The van der Waals surface area contributed by atoms with Crippen LogP contribution in [-0.4, -0.2) is 26.1 Å². The summed E-state index contributed by atoms with van der Waals surface area (Å²) in [6, 6.07) is 13.0. The fourth-order valence-electron chi connectivity index (χ4n) is 3.21. The van der Waals surface area contributed by atoms with E-state index in [1.54, 1.807) is 25.1 Å². The minimum Gasteiger partial charge on any atom is -0.455 e. The van der Waals surface area contributed by atoms with Crippen molar-refractivity contribution < 1.29 is 22.5 Å². The van der Waals surface area contributed by atoms with Crippen molar-refractivity contribution in [3.05, 3.63) is 76.1 Å². The summed E-state index contributed by atoms with van der Waals surface area (Å²) in [5.41, 5.74) is 2.12. The molecule has 2 aromatic carbocycles. The van der Waals surface area contributed by atoms with Crippen LogP contribution in [0.15, 0.2) is 57.9 Å². The van der Waals surface area contributed by atoms with Gasteiger partial charge in [-0.05, 0) is 43.2 Å². The van der Waals surface area contributed by atoms with E-state index in [-0.39, 0.29) is 22.1 Å². The minimum atomic E-state index is -3.94. The lowest BCUT2D eigenvalue weighted by Gasteiger charge is -2.20. The van der Waals surface area contributed by atoms with Crippen molar-refractivity contribution in [3.8, 4) is 0 Å². The maximum absolute atomic E-state index is 13.2. The van der Waals surface area contributed by atoms with Gasteiger partial charge < -0.3 is 9.26 Å². The Morgan fingerprint density at radius 3 is 2.79 bits per heavy atom. The van der Waals surface area contributed by atoms with E-state index < -0.39 is 16.0 Å². The van der Waals surface area contributed by atoms with Crippen LogP contribution in [0.5, 0.6) is 0 Å². The molecule has 29 heavy (non-hydrogen) atoms. The molecular formula is C20H17ClN2O5S. The normalized spacial score (nSPS) is 13.4. The number of fused-ring (bicyclic) bond motifs is 1. The summed E-state index contributed by atoms with van der Waals surface area (Å²) in [5, 5.41) is 3.79. The first-order chi connectivity index (χ1) is 13.9. The molecule has 0 amide bonds. The van der Waals surface area contributed by atoms with Crippen molar-refractivity contribution in [2.75, 3.05) is 10.8 Å². The van der Waals surface area contributed by atoms with E-state index in [2.05, 4.69) is 5.16 Å². The van der Waals surface area contributed by atoms with Gasteiger partial charge in [0, 0.05) is 12.6 Å². The first-order valence-electron chi connectivity index (χ1n) is 8.86. The third-order valence-electron chi connectivity index (χ3n) is 4.61. The van der Waals surface area contributed by atoms with Crippen molar-refractivity contribution in [1.82, 2.24) is 5.16 Å². The van der Waals surface area contributed by atoms with E-state index in [0.717, 1.165) is 5.56 Å². The monoisotopic (exact) mass is 432 g/mol. The van der Waals surface area contributed by atoms with Crippen LogP contribution in [0.2, 0.25) is 5.02 Å². The fourth-order valence-corrected chi connectivity index (χ4v) is 5.22. The SMILES string of the molecule is Cc1cc(COC(=O)c2ccc(Cl)c(S(=O)(=O)N3CCc4ccccc43)c2)no1. The van der Waals surface area contributed by atoms with Crippen LogP contribution >= 0.6 is 11.6 Å². The summed E-state index contributed by atoms with van der Waals surface area (Å²) < 4.78 is 37.9. The maximum atomic E-state index is 13.2. The first kappa shape index (κ1) is 19.5. The molecule has 4 rings (SSSR count). The molecule has 0 radical (unpaired) electrons. The smallest absolute Gasteiger partial charge is 0.338 e. The highest BCUT2D eigenvalue weighted by Crippen LogP contribution is 2.35. The lowest BCUT2D eigenvalue weighted by Crippen LogP contribution is -2.29. The summed E-state index contributed by atoms with van der Waals surface area (Å²) in [4.78, 5) is 12.3. The molecule has 0 spiro atoms. The summed E-state index contributed by atoms with van der Waals surface area (Å²) in [6.45, 7) is 1.96. The molecule has 0 saturated carbocycles. The second-order valence-electron chi connectivity index (χ2n) is 6.61. The molecule has 1 aliphatic heterocycles. The van der Waals surface area contributed by atoms with Crippen LogP contribution < -0.4 is 4.31 Å². The third kappa shape index (κ3) is 3.73. The second kappa shape index (κ2) is 7.53. The van der Waals surface area contributed by atoms with Gasteiger partial charge in [0.25, 0.3) is 10.0 Å². The topological polar surface area (TPSA) is 89.7 Å². The highest BCUT2D eigenvalue weighted by atomic mass is 35.5. The molecule has 0 atom stereocenters.